The zero-order chi connectivity index (χ0) is 20.4. The van der Waals surface area contributed by atoms with Gasteiger partial charge in [-0.1, -0.05) is 48.0 Å². The minimum atomic E-state index is -0.538. The second kappa shape index (κ2) is 7.97. The number of nitrogens with one attached hydrogen (secondary N) is 1. The van der Waals surface area contributed by atoms with Gasteiger partial charge in [0.1, 0.15) is 24.7 Å². The summed E-state index contributed by atoms with van der Waals surface area (Å²) >= 11 is 6.25. The molecule has 8 heteroatoms. The normalized spacial score (nSPS) is 15.5. The quantitative estimate of drug-likeness (QED) is 0.641. The van der Waals surface area contributed by atoms with Gasteiger partial charge in [-0.3, -0.25) is 0 Å². The number of nitrogens with zero attached hydrogens (tertiary/aromatic N) is 3. The molecule has 29 heavy (non-hydrogen) atoms. The second-order valence-electron chi connectivity index (χ2n) is 6.50. The first kappa shape index (κ1) is 19.0. The van der Waals surface area contributed by atoms with E-state index in [0.29, 0.717) is 34.6 Å². The van der Waals surface area contributed by atoms with E-state index in [1.54, 1.807) is 4.68 Å². The molecule has 1 aliphatic heterocycles. The van der Waals surface area contributed by atoms with Crippen molar-refractivity contribution < 1.29 is 14.3 Å². The molecular formula is C21H19ClN4O3. The maximum absolute atomic E-state index is 12.6. The predicted molar refractivity (Wildman–Crippen MR) is 109 cm³/mol. The number of anilines is 1. The van der Waals surface area contributed by atoms with Gasteiger partial charge in [0.05, 0.1) is 12.7 Å². The van der Waals surface area contributed by atoms with Gasteiger partial charge >= 0.3 is 5.97 Å². The highest BCUT2D eigenvalue weighted by Crippen LogP contribution is 2.39. The van der Waals surface area contributed by atoms with Crippen molar-refractivity contribution in [2.24, 2.45) is 0 Å². The number of allylic oxidation sites excluding steroid dienone is 1. The fraction of sp³-hybridized carbons (Fsp3) is 0.190. The smallest absolute Gasteiger partial charge is 0.338 e. The Kier molecular flexibility index (Phi) is 5.22. The van der Waals surface area contributed by atoms with Gasteiger partial charge in [0.25, 0.3) is 0 Å². The van der Waals surface area contributed by atoms with E-state index in [2.05, 4.69) is 15.4 Å². The molecule has 1 N–H and O–H groups in total. The van der Waals surface area contributed by atoms with E-state index in [4.69, 9.17) is 21.1 Å². The van der Waals surface area contributed by atoms with E-state index in [-0.39, 0.29) is 0 Å². The van der Waals surface area contributed by atoms with Crippen LogP contribution in [0.2, 0.25) is 5.02 Å². The molecule has 4 rings (SSSR count). The molecule has 0 amide bonds. The van der Waals surface area contributed by atoms with Gasteiger partial charge in [0.15, 0.2) is 0 Å². The van der Waals surface area contributed by atoms with Gasteiger partial charge in [-0.05, 0) is 19.1 Å². The maximum Gasteiger partial charge on any atom is 0.338 e. The third kappa shape index (κ3) is 3.56. The van der Waals surface area contributed by atoms with Gasteiger partial charge in [0.2, 0.25) is 5.95 Å². The number of esters is 1. The minimum absolute atomic E-state index is 0.294. The zero-order valence-electron chi connectivity index (χ0n) is 15.9. The molecule has 0 radical (unpaired) electrons. The number of carbonyl (C=O) groups excluding carboxylic acids is 1. The Morgan fingerprint density at radius 3 is 2.76 bits per heavy atom. The van der Waals surface area contributed by atoms with Crippen molar-refractivity contribution in [3.63, 3.8) is 0 Å². The summed E-state index contributed by atoms with van der Waals surface area (Å²) in [6, 6.07) is 14.5. The summed E-state index contributed by atoms with van der Waals surface area (Å²) in [5, 5.41) is 8.05. The lowest BCUT2D eigenvalue weighted by atomic mass is 9.95. The first-order valence-corrected chi connectivity index (χ1v) is 9.38. The van der Waals surface area contributed by atoms with Crippen LogP contribution in [0.1, 0.15) is 24.1 Å². The second-order valence-corrected chi connectivity index (χ2v) is 6.91. The number of rotatable bonds is 5. The number of para-hydroxylation sites is 1. The van der Waals surface area contributed by atoms with Gasteiger partial charge in [-0.2, -0.15) is 10.1 Å². The number of ether oxygens (including phenoxy) is 2. The number of hydrogen-bond acceptors (Lipinski definition) is 6. The summed E-state index contributed by atoms with van der Waals surface area (Å²) < 4.78 is 12.8. The predicted octanol–water partition coefficient (Wildman–Crippen LogP) is 3.97. The largest absolute Gasteiger partial charge is 0.488 e. The third-order valence-electron chi connectivity index (χ3n) is 4.75. The van der Waals surface area contributed by atoms with Gasteiger partial charge < -0.3 is 14.8 Å². The van der Waals surface area contributed by atoms with Gasteiger partial charge in [-0.15, -0.1) is 0 Å². The lowest BCUT2D eigenvalue weighted by molar-refractivity contribution is -0.136. The first-order chi connectivity index (χ1) is 14.1. The molecule has 148 valence electrons. The lowest BCUT2D eigenvalue weighted by Crippen LogP contribution is -2.29. The van der Waals surface area contributed by atoms with Crippen molar-refractivity contribution in [3.8, 4) is 5.75 Å². The molecule has 1 aromatic heterocycles. The topological polar surface area (TPSA) is 78.3 Å². The summed E-state index contributed by atoms with van der Waals surface area (Å²) in [6.07, 6.45) is 1.44. The molecule has 0 saturated carbocycles. The summed E-state index contributed by atoms with van der Waals surface area (Å²) in [5.41, 5.74) is 2.74. The molecular weight excluding hydrogens is 392 g/mol. The zero-order valence-corrected chi connectivity index (χ0v) is 16.7. The molecule has 1 aliphatic rings. The molecule has 7 nitrogen and oxygen atoms in total. The number of carbonyl (C=O) groups is 1. The number of aromatic nitrogens is 3. The first-order valence-electron chi connectivity index (χ1n) is 9.01. The van der Waals surface area contributed by atoms with Crippen LogP contribution in [-0.4, -0.2) is 27.8 Å². The number of benzene rings is 2. The maximum atomic E-state index is 12.6. The summed E-state index contributed by atoms with van der Waals surface area (Å²) in [4.78, 5) is 16.8. The van der Waals surface area contributed by atoms with Crippen LogP contribution in [0.15, 0.2) is 66.1 Å². The molecule has 2 aromatic carbocycles. The van der Waals surface area contributed by atoms with Crippen molar-refractivity contribution in [1.29, 1.82) is 0 Å². The summed E-state index contributed by atoms with van der Waals surface area (Å²) in [7, 11) is 1.36. The van der Waals surface area contributed by atoms with Gasteiger partial charge in [0, 0.05) is 21.8 Å². The van der Waals surface area contributed by atoms with Crippen LogP contribution in [0, 0.1) is 0 Å². The molecule has 0 aliphatic carbocycles. The summed E-state index contributed by atoms with van der Waals surface area (Å²) in [6.45, 7) is 2.10. The van der Waals surface area contributed by atoms with E-state index in [9.17, 15) is 4.79 Å². The van der Waals surface area contributed by atoms with Crippen molar-refractivity contribution in [1.82, 2.24) is 14.8 Å². The minimum Gasteiger partial charge on any atom is -0.488 e. The van der Waals surface area contributed by atoms with Crippen LogP contribution in [0.4, 0.5) is 5.95 Å². The Balaban J connectivity index is 1.76. The highest BCUT2D eigenvalue weighted by Gasteiger charge is 2.35. The molecule has 0 spiro atoms. The average molecular weight is 411 g/mol. The van der Waals surface area contributed by atoms with Crippen molar-refractivity contribution >= 4 is 23.5 Å². The number of fused-ring (bicyclic) bond motifs is 1. The van der Waals surface area contributed by atoms with Gasteiger partial charge in [-0.25, -0.2) is 9.48 Å². The Morgan fingerprint density at radius 1 is 1.21 bits per heavy atom. The Labute approximate surface area is 172 Å². The average Bonchev–Trinajstić information content (AvgIpc) is 3.20. The molecule has 1 unspecified atom stereocenters. The molecule has 2 heterocycles. The van der Waals surface area contributed by atoms with Crippen LogP contribution in [0.5, 0.6) is 5.75 Å². The van der Waals surface area contributed by atoms with E-state index in [1.165, 1.54) is 13.4 Å². The Bertz CT molecular complexity index is 1090. The highest BCUT2D eigenvalue weighted by molar-refractivity contribution is 6.31. The number of hydrogen-bond donors (Lipinski definition) is 1. The van der Waals surface area contributed by atoms with Crippen molar-refractivity contribution in [2.75, 3.05) is 12.4 Å². The fourth-order valence-electron chi connectivity index (χ4n) is 3.36. The van der Waals surface area contributed by atoms with E-state index >= 15 is 0 Å². The molecule has 0 fully saturated rings. The van der Waals surface area contributed by atoms with Crippen LogP contribution < -0.4 is 10.1 Å². The Morgan fingerprint density at radius 2 is 1.97 bits per heavy atom. The molecule has 0 saturated heterocycles. The Hall–Kier alpha value is -3.32. The third-order valence-corrected chi connectivity index (χ3v) is 5.12. The summed E-state index contributed by atoms with van der Waals surface area (Å²) in [5.74, 6) is 0.720. The van der Waals surface area contributed by atoms with E-state index in [0.717, 1.165) is 11.1 Å². The van der Waals surface area contributed by atoms with Crippen LogP contribution in [0.25, 0.3) is 0 Å². The number of methoxy groups -OCH3 is 1. The lowest BCUT2D eigenvalue weighted by Gasteiger charge is -2.29. The van der Waals surface area contributed by atoms with E-state index in [1.807, 2.05) is 55.5 Å². The van der Waals surface area contributed by atoms with Crippen LogP contribution >= 0.6 is 11.6 Å². The van der Waals surface area contributed by atoms with Crippen LogP contribution in [0.3, 0.4) is 0 Å². The van der Waals surface area contributed by atoms with E-state index < -0.39 is 12.0 Å². The SMILES string of the molecule is COC(=O)C1=C(C)Nc2ncnn2C1c1ccccc1OCc1ccccc1Cl. The van der Waals surface area contributed by atoms with Crippen LogP contribution in [-0.2, 0) is 16.1 Å². The molecule has 0 bridgehead atoms. The number of halogens is 1. The fourth-order valence-corrected chi connectivity index (χ4v) is 3.55. The molecule has 3 aromatic rings. The highest BCUT2D eigenvalue weighted by atomic mass is 35.5. The van der Waals surface area contributed by atoms with Crippen molar-refractivity contribution in [3.05, 3.63) is 82.3 Å². The standard InChI is InChI=1S/C21H19ClN4O3/c1-13-18(20(27)28-2)19(26-21(25-13)23-12-24-26)15-8-4-6-10-17(15)29-11-14-7-3-5-9-16(14)22/h3-10,12,19H,11H2,1-2H3,(H,23,24,25). The molecule has 1 atom stereocenters. The van der Waals surface area contributed by atoms with Crippen molar-refractivity contribution in [2.45, 2.75) is 19.6 Å². The monoisotopic (exact) mass is 410 g/mol.